The lowest BCUT2D eigenvalue weighted by Gasteiger charge is -2.17. The minimum atomic E-state index is -0.103. The summed E-state index contributed by atoms with van der Waals surface area (Å²) in [6, 6.07) is 5.83. The second kappa shape index (κ2) is 8.22. The van der Waals surface area contributed by atoms with E-state index in [-0.39, 0.29) is 11.9 Å². The number of hydrogen-bond donors (Lipinski definition) is 1. The van der Waals surface area contributed by atoms with Gasteiger partial charge in [-0.05, 0) is 43.5 Å². The van der Waals surface area contributed by atoms with Crippen LogP contribution in [0.15, 0.2) is 36.8 Å². The summed E-state index contributed by atoms with van der Waals surface area (Å²) in [6.07, 6.45) is 6.88. The Bertz CT molecular complexity index is 632. The Balaban J connectivity index is 1.97. The van der Waals surface area contributed by atoms with Crippen molar-refractivity contribution in [1.82, 2.24) is 19.9 Å². The molecule has 0 fully saturated rings. The summed E-state index contributed by atoms with van der Waals surface area (Å²) < 4.78 is 0. The van der Waals surface area contributed by atoms with Crippen molar-refractivity contribution in [2.24, 2.45) is 0 Å². The van der Waals surface area contributed by atoms with Crippen molar-refractivity contribution in [3.63, 3.8) is 0 Å². The molecule has 0 bridgehead atoms. The Morgan fingerprint density at radius 3 is 2.70 bits per heavy atom. The highest BCUT2D eigenvalue weighted by molar-refractivity contribution is 5.92. The maximum Gasteiger partial charge on any atom is 0.272 e. The van der Waals surface area contributed by atoms with E-state index in [2.05, 4.69) is 34.1 Å². The molecule has 0 saturated heterocycles. The highest BCUT2D eigenvalue weighted by Crippen LogP contribution is 2.07. The van der Waals surface area contributed by atoms with E-state index in [4.69, 9.17) is 0 Å². The van der Waals surface area contributed by atoms with Gasteiger partial charge in [0, 0.05) is 38.2 Å². The van der Waals surface area contributed by atoms with E-state index in [1.54, 1.807) is 36.6 Å². The van der Waals surface area contributed by atoms with Gasteiger partial charge in [-0.25, -0.2) is 9.97 Å². The first-order valence-corrected chi connectivity index (χ1v) is 7.84. The van der Waals surface area contributed by atoms with Crippen LogP contribution in [0.5, 0.6) is 0 Å². The van der Waals surface area contributed by atoms with E-state index < -0.39 is 0 Å². The quantitative estimate of drug-likeness (QED) is 0.850. The summed E-state index contributed by atoms with van der Waals surface area (Å²) in [5, 5.41) is 3.18. The largest absolute Gasteiger partial charge is 0.352 e. The highest BCUT2D eigenvalue weighted by atomic mass is 16.2. The molecule has 2 aromatic heterocycles. The van der Waals surface area contributed by atoms with Crippen LogP contribution in [0.2, 0.25) is 0 Å². The number of amides is 1. The molecule has 1 unspecified atom stereocenters. The van der Waals surface area contributed by atoms with Crippen molar-refractivity contribution in [2.75, 3.05) is 18.9 Å². The predicted molar refractivity (Wildman–Crippen MR) is 90.3 cm³/mol. The zero-order valence-electron chi connectivity index (χ0n) is 13.9. The Kier molecular flexibility index (Phi) is 6.02. The zero-order valence-corrected chi connectivity index (χ0v) is 13.9. The summed E-state index contributed by atoms with van der Waals surface area (Å²) in [4.78, 5) is 26.6. The number of rotatable bonds is 7. The van der Waals surface area contributed by atoms with Gasteiger partial charge in [-0.2, -0.15) is 0 Å². The molecule has 0 aliphatic heterocycles. The molecule has 2 rings (SSSR count). The minimum Gasteiger partial charge on any atom is -0.352 e. The van der Waals surface area contributed by atoms with E-state index in [1.807, 2.05) is 12.1 Å². The molecule has 0 radical (unpaired) electrons. The maximum atomic E-state index is 12.5. The van der Waals surface area contributed by atoms with Crippen LogP contribution >= 0.6 is 0 Å². The SMILES string of the molecule is CCC(C)Nc1nccc(C(=O)N(C)CCc2ccncc2)n1. The van der Waals surface area contributed by atoms with Crippen LogP contribution in [0, 0.1) is 0 Å². The van der Waals surface area contributed by atoms with Gasteiger partial charge in [0.1, 0.15) is 5.69 Å². The molecule has 0 saturated carbocycles. The van der Waals surface area contributed by atoms with Gasteiger partial charge in [0.25, 0.3) is 5.91 Å². The van der Waals surface area contributed by atoms with Crippen LogP contribution in [-0.2, 0) is 6.42 Å². The number of carbonyl (C=O) groups excluding carboxylic acids is 1. The average Bonchev–Trinajstić information content (AvgIpc) is 2.60. The van der Waals surface area contributed by atoms with Crippen molar-refractivity contribution in [1.29, 1.82) is 0 Å². The molecule has 1 amide bonds. The molecular weight excluding hydrogens is 290 g/mol. The number of pyridine rings is 1. The zero-order chi connectivity index (χ0) is 16.7. The minimum absolute atomic E-state index is 0.103. The van der Waals surface area contributed by atoms with Crippen molar-refractivity contribution >= 4 is 11.9 Å². The number of likely N-dealkylation sites (N-methyl/N-ethyl adjacent to an activating group) is 1. The molecule has 122 valence electrons. The Labute approximate surface area is 137 Å². The van der Waals surface area contributed by atoms with E-state index >= 15 is 0 Å². The van der Waals surface area contributed by atoms with Crippen molar-refractivity contribution in [2.45, 2.75) is 32.7 Å². The molecule has 2 aromatic rings. The van der Waals surface area contributed by atoms with E-state index in [0.29, 0.717) is 18.2 Å². The third kappa shape index (κ3) is 5.02. The molecule has 23 heavy (non-hydrogen) atoms. The molecule has 2 heterocycles. The lowest BCUT2D eigenvalue weighted by molar-refractivity contribution is 0.0791. The van der Waals surface area contributed by atoms with Crippen LogP contribution in [0.25, 0.3) is 0 Å². The lowest BCUT2D eigenvalue weighted by atomic mass is 10.2. The second-order valence-corrected chi connectivity index (χ2v) is 5.55. The topological polar surface area (TPSA) is 71.0 Å². The third-order valence-corrected chi connectivity index (χ3v) is 3.69. The first kappa shape index (κ1) is 16.9. The molecule has 0 aliphatic carbocycles. The Morgan fingerprint density at radius 1 is 1.26 bits per heavy atom. The molecule has 1 atom stereocenters. The molecule has 0 spiro atoms. The summed E-state index contributed by atoms with van der Waals surface area (Å²) in [7, 11) is 1.79. The van der Waals surface area contributed by atoms with Crippen LogP contribution in [0.4, 0.5) is 5.95 Å². The van der Waals surface area contributed by atoms with Crippen molar-refractivity contribution in [3.05, 3.63) is 48.0 Å². The number of carbonyl (C=O) groups is 1. The Hall–Kier alpha value is -2.50. The standard InChI is InChI=1S/C17H23N5O/c1-4-13(2)20-17-19-11-7-15(21-17)16(23)22(3)12-8-14-5-9-18-10-6-14/h5-7,9-11,13H,4,8,12H2,1-3H3,(H,19,20,21). The van der Waals surface area contributed by atoms with E-state index in [9.17, 15) is 4.79 Å². The van der Waals surface area contributed by atoms with E-state index in [1.165, 1.54) is 0 Å². The van der Waals surface area contributed by atoms with Gasteiger partial charge in [-0.3, -0.25) is 9.78 Å². The fourth-order valence-electron chi connectivity index (χ4n) is 2.01. The monoisotopic (exact) mass is 313 g/mol. The van der Waals surface area contributed by atoms with Gasteiger partial charge >= 0.3 is 0 Å². The normalized spacial score (nSPS) is 11.8. The van der Waals surface area contributed by atoms with Crippen LogP contribution < -0.4 is 5.32 Å². The van der Waals surface area contributed by atoms with Gasteiger partial charge in [-0.1, -0.05) is 6.92 Å². The number of nitrogens with one attached hydrogen (secondary N) is 1. The summed E-state index contributed by atoms with van der Waals surface area (Å²) in [5.41, 5.74) is 1.56. The number of anilines is 1. The van der Waals surface area contributed by atoms with Gasteiger partial charge in [0.15, 0.2) is 0 Å². The molecule has 0 aliphatic rings. The van der Waals surface area contributed by atoms with Gasteiger partial charge in [0.2, 0.25) is 5.95 Å². The fourth-order valence-corrected chi connectivity index (χ4v) is 2.01. The molecule has 6 nitrogen and oxygen atoms in total. The second-order valence-electron chi connectivity index (χ2n) is 5.55. The number of aromatic nitrogens is 3. The average molecular weight is 313 g/mol. The Morgan fingerprint density at radius 2 is 2.00 bits per heavy atom. The highest BCUT2D eigenvalue weighted by Gasteiger charge is 2.14. The number of hydrogen-bond acceptors (Lipinski definition) is 5. The van der Waals surface area contributed by atoms with Gasteiger partial charge in [-0.15, -0.1) is 0 Å². The van der Waals surface area contributed by atoms with Gasteiger partial charge < -0.3 is 10.2 Å². The van der Waals surface area contributed by atoms with Crippen LogP contribution in [-0.4, -0.2) is 45.4 Å². The third-order valence-electron chi connectivity index (χ3n) is 3.69. The fraction of sp³-hybridized carbons (Fsp3) is 0.412. The smallest absolute Gasteiger partial charge is 0.272 e. The first-order chi connectivity index (χ1) is 11.1. The van der Waals surface area contributed by atoms with Crippen LogP contribution in [0.1, 0.15) is 36.3 Å². The molecule has 6 heteroatoms. The maximum absolute atomic E-state index is 12.5. The van der Waals surface area contributed by atoms with E-state index in [0.717, 1.165) is 18.4 Å². The molecule has 1 N–H and O–H groups in total. The summed E-state index contributed by atoms with van der Waals surface area (Å²) in [6.45, 7) is 4.76. The summed E-state index contributed by atoms with van der Waals surface area (Å²) >= 11 is 0. The molecule has 0 aromatic carbocycles. The predicted octanol–water partition coefficient (Wildman–Crippen LogP) is 2.40. The number of nitrogens with zero attached hydrogens (tertiary/aromatic N) is 4. The lowest BCUT2D eigenvalue weighted by Crippen LogP contribution is -2.30. The van der Waals surface area contributed by atoms with Crippen molar-refractivity contribution in [3.8, 4) is 0 Å². The molecular formula is C17H23N5O. The van der Waals surface area contributed by atoms with Crippen LogP contribution in [0.3, 0.4) is 0 Å². The van der Waals surface area contributed by atoms with Gasteiger partial charge in [0.05, 0.1) is 0 Å². The first-order valence-electron chi connectivity index (χ1n) is 7.84. The van der Waals surface area contributed by atoms with Crippen molar-refractivity contribution < 1.29 is 4.79 Å². The summed E-state index contributed by atoms with van der Waals surface area (Å²) in [5.74, 6) is 0.390.